The van der Waals surface area contributed by atoms with E-state index in [1.54, 1.807) is 0 Å². The van der Waals surface area contributed by atoms with Crippen LogP contribution in [0.5, 0.6) is 0 Å². The van der Waals surface area contributed by atoms with Gasteiger partial charge in [0.15, 0.2) is 0 Å². The molecular weight excluding hydrogens is 236 g/mol. The van der Waals surface area contributed by atoms with E-state index >= 15 is 0 Å². The van der Waals surface area contributed by atoms with Crippen LogP contribution < -0.4 is 10.6 Å². The van der Waals surface area contributed by atoms with Gasteiger partial charge in [0, 0.05) is 12.6 Å². The monoisotopic (exact) mass is 258 g/mol. The zero-order chi connectivity index (χ0) is 13.2. The highest BCUT2D eigenvalue weighted by molar-refractivity contribution is 5.84. The van der Waals surface area contributed by atoms with Crippen LogP contribution in [0.15, 0.2) is 24.3 Å². The summed E-state index contributed by atoms with van der Waals surface area (Å²) in [5.41, 5.74) is 2.45. The summed E-state index contributed by atoms with van der Waals surface area (Å²) in [4.78, 5) is 12.4. The average Bonchev–Trinajstić information content (AvgIpc) is 3.21. The van der Waals surface area contributed by atoms with Gasteiger partial charge in [0.1, 0.15) is 6.04 Å². The summed E-state index contributed by atoms with van der Waals surface area (Å²) < 4.78 is 0. The van der Waals surface area contributed by atoms with Gasteiger partial charge in [-0.3, -0.25) is 4.79 Å². The zero-order valence-corrected chi connectivity index (χ0v) is 11.5. The van der Waals surface area contributed by atoms with Crippen molar-refractivity contribution in [2.24, 2.45) is 5.92 Å². The van der Waals surface area contributed by atoms with Crippen LogP contribution in [-0.4, -0.2) is 18.5 Å². The first kappa shape index (κ1) is 12.7. The van der Waals surface area contributed by atoms with Crippen LogP contribution in [-0.2, 0) is 11.2 Å². The molecule has 0 bridgehead atoms. The summed E-state index contributed by atoms with van der Waals surface area (Å²) in [6.07, 6.45) is 4.81. The van der Waals surface area contributed by atoms with Crippen molar-refractivity contribution in [1.29, 1.82) is 0 Å². The lowest BCUT2D eigenvalue weighted by molar-refractivity contribution is -0.124. The SMILES string of the molecule is CC(CC1CC1)NC(=O)C1NCCc2ccccc21. The number of nitrogens with one attached hydrogen (secondary N) is 2. The van der Waals surface area contributed by atoms with E-state index in [2.05, 4.69) is 35.8 Å². The number of benzene rings is 1. The van der Waals surface area contributed by atoms with Gasteiger partial charge in [0.05, 0.1) is 0 Å². The number of carbonyl (C=O) groups excluding carboxylic acids is 1. The molecule has 1 aromatic rings. The lowest BCUT2D eigenvalue weighted by atomic mass is 9.93. The fourth-order valence-corrected chi connectivity index (χ4v) is 2.98. The standard InChI is InChI=1S/C16H22N2O/c1-11(10-12-6-7-12)18-16(19)15-14-5-3-2-4-13(14)8-9-17-15/h2-5,11-12,15,17H,6-10H2,1H3,(H,18,19). The summed E-state index contributed by atoms with van der Waals surface area (Å²) in [5.74, 6) is 0.974. The first-order valence-electron chi connectivity index (χ1n) is 7.35. The normalized spacial score (nSPS) is 23.5. The number of rotatable bonds is 4. The molecule has 1 aliphatic heterocycles. The Kier molecular flexibility index (Phi) is 3.56. The van der Waals surface area contributed by atoms with Crippen LogP contribution in [0.1, 0.15) is 43.4 Å². The van der Waals surface area contributed by atoms with Crippen molar-refractivity contribution in [2.45, 2.75) is 44.7 Å². The van der Waals surface area contributed by atoms with Crippen LogP contribution >= 0.6 is 0 Å². The molecule has 1 heterocycles. The lowest BCUT2D eigenvalue weighted by Gasteiger charge is -2.27. The molecule has 1 aliphatic carbocycles. The quantitative estimate of drug-likeness (QED) is 0.869. The molecule has 0 spiro atoms. The Morgan fingerprint density at radius 1 is 1.42 bits per heavy atom. The predicted molar refractivity (Wildman–Crippen MR) is 75.8 cm³/mol. The third-order valence-corrected chi connectivity index (χ3v) is 4.14. The molecule has 0 radical (unpaired) electrons. The number of carbonyl (C=O) groups is 1. The predicted octanol–water partition coefficient (Wildman–Crippen LogP) is 2.18. The van der Waals surface area contributed by atoms with E-state index in [4.69, 9.17) is 0 Å². The molecule has 3 heteroatoms. The number of hydrogen-bond acceptors (Lipinski definition) is 2. The van der Waals surface area contributed by atoms with Crippen LogP contribution in [0.3, 0.4) is 0 Å². The van der Waals surface area contributed by atoms with Crippen molar-refractivity contribution in [1.82, 2.24) is 10.6 Å². The second-order valence-corrected chi connectivity index (χ2v) is 5.92. The van der Waals surface area contributed by atoms with Crippen LogP contribution in [0.4, 0.5) is 0 Å². The highest BCUT2D eigenvalue weighted by Gasteiger charge is 2.28. The molecule has 2 unspecified atom stereocenters. The molecule has 2 atom stereocenters. The van der Waals surface area contributed by atoms with Crippen molar-refractivity contribution >= 4 is 5.91 Å². The average molecular weight is 258 g/mol. The zero-order valence-electron chi connectivity index (χ0n) is 11.5. The molecule has 3 rings (SSSR count). The Morgan fingerprint density at radius 3 is 3.00 bits per heavy atom. The molecule has 1 amide bonds. The second kappa shape index (κ2) is 5.33. The maximum absolute atomic E-state index is 12.4. The first-order chi connectivity index (χ1) is 9.24. The second-order valence-electron chi connectivity index (χ2n) is 5.92. The molecule has 2 aliphatic rings. The van der Waals surface area contributed by atoms with Gasteiger partial charge in [0.2, 0.25) is 5.91 Å². The van der Waals surface area contributed by atoms with E-state index in [9.17, 15) is 4.79 Å². The molecule has 1 saturated carbocycles. The molecule has 19 heavy (non-hydrogen) atoms. The Bertz CT molecular complexity index is 468. The van der Waals surface area contributed by atoms with Gasteiger partial charge in [-0.05, 0) is 36.8 Å². The van der Waals surface area contributed by atoms with Crippen LogP contribution in [0.2, 0.25) is 0 Å². The third-order valence-electron chi connectivity index (χ3n) is 4.14. The Morgan fingerprint density at radius 2 is 2.21 bits per heavy atom. The van der Waals surface area contributed by atoms with Gasteiger partial charge in [0.25, 0.3) is 0 Å². The minimum absolute atomic E-state index is 0.125. The summed E-state index contributed by atoms with van der Waals surface area (Å²) >= 11 is 0. The Labute approximate surface area is 114 Å². The van der Waals surface area contributed by atoms with Crippen molar-refractivity contribution in [2.75, 3.05) is 6.54 Å². The topological polar surface area (TPSA) is 41.1 Å². The molecular formula is C16H22N2O. The van der Waals surface area contributed by atoms with Gasteiger partial charge < -0.3 is 10.6 Å². The van der Waals surface area contributed by atoms with E-state index < -0.39 is 0 Å². The minimum Gasteiger partial charge on any atom is -0.352 e. The summed E-state index contributed by atoms with van der Waals surface area (Å²) in [5, 5.41) is 6.50. The first-order valence-corrected chi connectivity index (χ1v) is 7.35. The molecule has 1 fully saturated rings. The Hall–Kier alpha value is -1.35. The maximum Gasteiger partial charge on any atom is 0.241 e. The van der Waals surface area contributed by atoms with Gasteiger partial charge in [-0.2, -0.15) is 0 Å². The smallest absolute Gasteiger partial charge is 0.241 e. The van der Waals surface area contributed by atoms with E-state index in [-0.39, 0.29) is 18.0 Å². The summed E-state index contributed by atoms with van der Waals surface area (Å²) in [6, 6.07) is 8.37. The molecule has 3 nitrogen and oxygen atoms in total. The van der Waals surface area contributed by atoms with Gasteiger partial charge in [-0.25, -0.2) is 0 Å². The molecule has 2 N–H and O–H groups in total. The van der Waals surface area contributed by atoms with Crippen LogP contribution in [0.25, 0.3) is 0 Å². The highest BCUT2D eigenvalue weighted by atomic mass is 16.2. The van der Waals surface area contributed by atoms with Crippen LogP contribution in [0, 0.1) is 5.92 Å². The van der Waals surface area contributed by atoms with E-state index in [1.807, 2.05) is 6.07 Å². The molecule has 0 aromatic heterocycles. The van der Waals surface area contributed by atoms with Gasteiger partial charge in [-0.15, -0.1) is 0 Å². The van der Waals surface area contributed by atoms with Gasteiger partial charge >= 0.3 is 0 Å². The van der Waals surface area contributed by atoms with E-state index in [1.165, 1.54) is 18.4 Å². The summed E-state index contributed by atoms with van der Waals surface area (Å²) in [7, 11) is 0. The van der Waals surface area contributed by atoms with Crippen molar-refractivity contribution in [3.63, 3.8) is 0 Å². The number of fused-ring (bicyclic) bond motifs is 1. The number of amides is 1. The fourth-order valence-electron chi connectivity index (χ4n) is 2.98. The van der Waals surface area contributed by atoms with Gasteiger partial charge in [-0.1, -0.05) is 37.1 Å². The number of hydrogen-bond donors (Lipinski definition) is 2. The van der Waals surface area contributed by atoms with Crippen molar-refractivity contribution < 1.29 is 4.79 Å². The van der Waals surface area contributed by atoms with E-state index in [0.717, 1.165) is 30.9 Å². The Balaban J connectivity index is 1.66. The largest absolute Gasteiger partial charge is 0.352 e. The maximum atomic E-state index is 12.4. The third kappa shape index (κ3) is 2.98. The fraction of sp³-hybridized carbons (Fsp3) is 0.562. The van der Waals surface area contributed by atoms with Crippen molar-refractivity contribution in [3.05, 3.63) is 35.4 Å². The summed E-state index contributed by atoms with van der Waals surface area (Å²) in [6.45, 7) is 3.00. The minimum atomic E-state index is -0.174. The molecule has 102 valence electrons. The van der Waals surface area contributed by atoms with E-state index in [0.29, 0.717) is 0 Å². The van der Waals surface area contributed by atoms with Crippen molar-refractivity contribution in [3.8, 4) is 0 Å². The highest BCUT2D eigenvalue weighted by Crippen LogP contribution is 2.33. The lowest BCUT2D eigenvalue weighted by Crippen LogP contribution is -2.44. The molecule has 1 aromatic carbocycles. The molecule has 0 saturated heterocycles.